The molecule has 2 heterocycles. The molecule has 0 spiro atoms. The first kappa shape index (κ1) is 19.7. The van der Waals surface area contributed by atoms with Gasteiger partial charge >= 0.3 is 0 Å². The average Bonchev–Trinajstić information content (AvgIpc) is 3.30. The van der Waals surface area contributed by atoms with E-state index in [0.29, 0.717) is 0 Å². The zero-order valence-electron chi connectivity index (χ0n) is 19.0. The van der Waals surface area contributed by atoms with Crippen molar-refractivity contribution in [3.05, 3.63) is 128 Å². The van der Waals surface area contributed by atoms with Crippen molar-refractivity contribution in [2.75, 3.05) is 0 Å². The Hall–Kier alpha value is -4.69. The number of fused-ring (bicyclic) bond motifs is 4. The Morgan fingerprint density at radius 2 is 1.29 bits per heavy atom. The molecule has 0 bridgehead atoms. The maximum atomic E-state index is 6.29. The van der Waals surface area contributed by atoms with E-state index in [4.69, 9.17) is 4.42 Å². The number of pyridine rings is 1. The maximum absolute atomic E-state index is 6.29. The first-order valence-corrected chi connectivity index (χ1v) is 11.8. The maximum Gasteiger partial charge on any atom is 0.136 e. The van der Waals surface area contributed by atoms with Gasteiger partial charge in [-0.25, -0.2) is 0 Å². The number of aromatic nitrogens is 1. The van der Waals surface area contributed by atoms with Crippen molar-refractivity contribution in [3.8, 4) is 33.5 Å². The van der Waals surface area contributed by atoms with Crippen LogP contribution in [0, 0.1) is 0 Å². The Balaban J connectivity index is 1.34. The van der Waals surface area contributed by atoms with Crippen molar-refractivity contribution in [2.24, 2.45) is 0 Å². The molecule has 0 aliphatic rings. The van der Waals surface area contributed by atoms with Crippen LogP contribution in [0.3, 0.4) is 0 Å². The summed E-state index contributed by atoms with van der Waals surface area (Å²) in [6.07, 6.45) is 1.88. The summed E-state index contributed by atoms with van der Waals surface area (Å²) in [6, 6.07) is 42.4. The van der Waals surface area contributed by atoms with Crippen LogP contribution in [0.1, 0.15) is 0 Å². The van der Waals surface area contributed by atoms with Gasteiger partial charge in [0.25, 0.3) is 0 Å². The first-order chi connectivity index (χ1) is 17.3. The molecule has 35 heavy (non-hydrogen) atoms. The fourth-order valence-corrected chi connectivity index (χ4v) is 4.98. The summed E-state index contributed by atoms with van der Waals surface area (Å²) in [4.78, 5) is 4.66. The molecule has 0 saturated carbocycles. The van der Waals surface area contributed by atoms with Gasteiger partial charge in [-0.1, -0.05) is 78.9 Å². The lowest BCUT2D eigenvalue weighted by Crippen LogP contribution is -1.85. The highest BCUT2D eigenvalue weighted by atomic mass is 16.3. The van der Waals surface area contributed by atoms with Crippen molar-refractivity contribution in [2.45, 2.75) is 0 Å². The quantitative estimate of drug-likeness (QED) is 0.270. The van der Waals surface area contributed by atoms with Crippen LogP contribution in [0.2, 0.25) is 0 Å². The molecule has 0 fully saturated rings. The topological polar surface area (TPSA) is 26.0 Å². The number of hydrogen-bond donors (Lipinski definition) is 0. The summed E-state index contributed by atoms with van der Waals surface area (Å²) in [6.45, 7) is 0. The Kier molecular flexibility index (Phi) is 4.49. The minimum atomic E-state index is 0.887. The molecule has 164 valence electrons. The number of benzene rings is 5. The summed E-state index contributed by atoms with van der Waals surface area (Å²) in [5, 5.41) is 4.71. The normalized spacial score (nSPS) is 11.4. The van der Waals surface area contributed by atoms with Gasteiger partial charge in [-0.15, -0.1) is 0 Å². The molecule has 0 unspecified atom stereocenters. The molecule has 2 heteroatoms. The molecule has 0 aliphatic carbocycles. The average molecular weight is 448 g/mol. The van der Waals surface area contributed by atoms with Crippen LogP contribution in [0.25, 0.3) is 66.2 Å². The molecule has 0 radical (unpaired) electrons. The lowest BCUT2D eigenvalue weighted by molar-refractivity contribution is 0.669. The van der Waals surface area contributed by atoms with Gasteiger partial charge in [-0.2, -0.15) is 0 Å². The molecule has 7 rings (SSSR count). The van der Waals surface area contributed by atoms with E-state index in [1.807, 2.05) is 12.3 Å². The number of rotatable bonds is 3. The third kappa shape index (κ3) is 3.39. The van der Waals surface area contributed by atoms with Crippen molar-refractivity contribution < 1.29 is 4.42 Å². The second kappa shape index (κ2) is 7.96. The molecule has 2 aromatic heterocycles. The van der Waals surface area contributed by atoms with E-state index in [-0.39, 0.29) is 0 Å². The van der Waals surface area contributed by atoms with Crippen LogP contribution in [-0.4, -0.2) is 4.98 Å². The minimum Gasteiger partial charge on any atom is -0.456 e. The molecule has 2 nitrogen and oxygen atoms in total. The summed E-state index contributed by atoms with van der Waals surface area (Å²) in [7, 11) is 0. The van der Waals surface area contributed by atoms with Crippen LogP contribution < -0.4 is 0 Å². The lowest BCUT2D eigenvalue weighted by atomic mass is 9.97. The van der Waals surface area contributed by atoms with Crippen molar-refractivity contribution in [1.29, 1.82) is 0 Å². The van der Waals surface area contributed by atoms with E-state index in [1.165, 1.54) is 21.9 Å². The van der Waals surface area contributed by atoms with E-state index >= 15 is 0 Å². The number of furan rings is 1. The summed E-state index contributed by atoms with van der Waals surface area (Å²) in [5.74, 6) is 0. The second-order valence-corrected chi connectivity index (χ2v) is 8.85. The van der Waals surface area contributed by atoms with E-state index in [9.17, 15) is 0 Å². The van der Waals surface area contributed by atoms with Crippen molar-refractivity contribution in [1.82, 2.24) is 4.98 Å². The van der Waals surface area contributed by atoms with Crippen molar-refractivity contribution in [3.63, 3.8) is 0 Å². The Morgan fingerprint density at radius 3 is 2.23 bits per heavy atom. The SMILES string of the molecule is c1ccc(-c2ccnc(-c3ccc4oc5cc(-c6cccc7ccccc67)ccc5c4c3)c2)cc1. The molecular formula is C33H21NO. The van der Waals surface area contributed by atoms with Crippen LogP contribution >= 0.6 is 0 Å². The van der Waals surface area contributed by atoms with Gasteiger partial charge in [0.2, 0.25) is 0 Å². The van der Waals surface area contributed by atoms with E-state index in [1.54, 1.807) is 0 Å². The highest BCUT2D eigenvalue weighted by Gasteiger charge is 2.12. The Bertz CT molecular complexity index is 1840. The smallest absolute Gasteiger partial charge is 0.136 e. The predicted molar refractivity (Wildman–Crippen MR) is 145 cm³/mol. The first-order valence-electron chi connectivity index (χ1n) is 11.8. The molecule has 0 aliphatic heterocycles. The molecule has 0 amide bonds. The third-order valence-corrected chi connectivity index (χ3v) is 6.73. The predicted octanol–water partition coefficient (Wildman–Crippen LogP) is 9.14. The van der Waals surface area contributed by atoms with Gasteiger partial charge in [0, 0.05) is 22.5 Å². The van der Waals surface area contributed by atoms with Gasteiger partial charge in [0.1, 0.15) is 11.2 Å². The van der Waals surface area contributed by atoms with Crippen molar-refractivity contribution >= 4 is 32.7 Å². The largest absolute Gasteiger partial charge is 0.456 e. The molecular weight excluding hydrogens is 426 g/mol. The van der Waals surface area contributed by atoms with E-state index < -0.39 is 0 Å². The van der Waals surface area contributed by atoms with Crippen LogP contribution in [0.4, 0.5) is 0 Å². The molecule has 7 aromatic rings. The standard InChI is InChI=1S/C33H21NO/c1-2-7-22(8-3-1)24-17-18-34-31(20-24)26-14-16-32-30(19-26)29-15-13-25(21-33(29)35-32)28-12-6-10-23-9-4-5-11-27(23)28/h1-21H. The van der Waals surface area contributed by atoms with E-state index in [0.717, 1.165) is 44.3 Å². The highest BCUT2D eigenvalue weighted by Crippen LogP contribution is 2.36. The minimum absolute atomic E-state index is 0.887. The lowest BCUT2D eigenvalue weighted by Gasteiger charge is -2.07. The van der Waals surface area contributed by atoms with Gasteiger partial charge in [-0.05, 0) is 75.5 Å². The molecule has 0 N–H and O–H groups in total. The number of nitrogens with zero attached hydrogens (tertiary/aromatic N) is 1. The second-order valence-electron chi connectivity index (χ2n) is 8.85. The summed E-state index contributed by atoms with van der Waals surface area (Å²) >= 11 is 0. The van der Waals surface area contributed by atoms with E-state index in [2.05, 4.69) is 120 Å². The third-order valence-electron chi connectivity index (χ3n) is 6.73. The molecule has 0 saturated heterocycles. The zero-order valence-corrected chi connectivity index (χ0v) is 19.0. The Morgan fingerprint density at radius 1 is 0.457 bits per heavy atom. The van der Waals surface area contributed by atoms with Gasteiger partial charge in [-0.3, -0.25) is 4.98 Å². The fraction of sp³-hybridized carbons (Fsp3) is 0. The van der Waals surface area contributed by atoms with Gasteiger partial charge < -0.3 is 4.42 Å². The monoisotopic (exact) mass is 447 g/mol. The Labute approximate surface area is 203 Å². The highest BCUT2D eigenvalue weighted by molar-refractivity contribution is 6.08. The summed E-state index contributed by atoms with van der Waals surface area (Å²) in [5.41, 5.74) is 8.54. The van der Waals surface area contributed by atoms with Crippen LogP contribution in [0.15, 0.2) is 132 Å². The summed E-state index contributed by atoms with van der Waals surface area (Å²) < 4.78 is 6.29. The molecule has 5 aromatic carbocycles. The van der Waals surface area contributed by atoms with Gasteiger partial charge in [0.05, 0.1) is 5.69 Å². The van der Waals surface area contributed by atoms with Crippen LogP contribution in [0.5, 0.6) is 0 Å². The zero-order chi connectivity index (χ0) is 23.2. The number of hydrogen-bond acceptors (Lipinski definition) is 2. The molecule has 0 atom stereocenters. The fourth-order valence-electron chi connectivity index (χ4n) is 4.98. The van der Waals surface area contributed by atoms with Crippen LogP contribution in [-0.2, 0) is 0 Å². The van der Waals surface area contributed by atoms with Gasteiger partial charge in [0.15, 0.2) is 0 Å².